The van der Waals surface area contributed by atoms with Gasteiger partial charge in [-0.1, -0.05) is 6.58 Å². The molecule has 0 aliphatic heterocycles. The molecule has 2 N–H and O–H groups in total. The SMILES string of the molecule is C=CNCCN=C([O-])/C=C/C(=O)O.[Na+]. The van der Waals surface area contributed by atoms with Crippen LogP contribution in [0.25, 0.3) is 0 Å². The van der Waals surface area contributed by atoms with E-state index in [4.69, 9.17) is 5.11 Å². The van der Waals surface area contributed by atoms with Crippen LogP contribution in [-0.2, 0) is 4.79 Å². The molecule has 0 spiro atoms. The van der Waals surface area contributed by atoms with Gasteiger partial charge in [-0.25, -0.2) is 4.79 Å². The van der Waals surface area contributed by atoms with E-state index in [0.29, 0.717) is 13.1 Å². The molecule has 0 aliphatic rings. The standard InChI is InChI=1S/C8H12N2O3.Na/c1-2-9-5-6-10-7(11)3-4-8(12)13;/h2-4,9H,1,5-6H2,(H,10,11)(H,12,13);/q;+1/p-1/b4-3+;. The minimum absolute atomic E-state index is 0. The Morgan fingerprint density at radius 2 is 2.21 bits per heavy atom. The fourth-order valence-corrected chi connectivity index (χ4v) is 0.528. The Hall–Kier alpha value is -0.780. The van der Waals surface area contributed by atoms with Crippen molar-refractivity contribution in [3.63, 3.8) is 0 Å². The van der Waals surface area contributed by atoms with Gasteiger partial charge < -0.3 is 15.5 Å². The molecule has 0 rings (SSSR count). The number of hydrogen-bond acceptors (Lipinski definition) is 4. The largest absolute Gasteiger partial charge is 1.00 e. The average molecular weight is 206 g/mol. The van der Waals surface area contributed by atoms with Crippen molar-refractivity contribution in [3.05, 3.63) is 24.9 Å². The number of carboxylic acids is 1. The summed E-state index contributed by atoms with van der Waals surface area (Å²) in [4.78, 5) is 13.5. The Kier molecular flexibility index (Phi) is 11.5. The van der Waals surface area contributed by atoms with Gasteiger partial charge >= 0.3 is 35.5 Å². The fourth-order valence-electron chi connectivity index (χ4n) is 0.528. The first-order chi connectivity index (χ1) is 6.16. The molecule has 0 aromatic rings. The average Bonchev–Trinajstić information content (AvgIpc) is 2.09. The molecule has 0 bridgehead atoms. The molecule has 0 atom stereocenters. The van der Waals surface area contributed by atoms with Crippen molar-refractivity contribution in [3.8, 4) is 0 Å². The van der Waals surface area contributed by atoms with E-state index in [1.54, 1.807) is 0 Å². The van der Waals surface area contributed by atoms with Crippen molar-refractivity contribution in [2.24, 2.45) is 4.99 Å². The summed E-state index contributed by atoms with van der Waals surface area (Å²) >= 11 is 0. The molecule has 0 aromatic carbocycles. The third-order valence-electron chi connectivity index (χ3n) is 1.04. The summed E-state index contributed by atoms with van der Waals surface area (Å²) < 4.78 is 0. The molecule has 0 heterocycles. The van der Waals surface area contributed by atoms with Gasteiger partial charge in [0.25, 0.3) is 0 Å². The molecule has 0 saturated heterocycles. The molecule has 6 heteroatoms. The number of nitrogens with zero attached hydrogens (tertiary/aromatic N) is 1. The summed E-state index contributed by atoms with van der Waals surface area (Å²) in [6, 6.07) is 0. The second-order valence-electron chi connectivity index (χ2n) is 2.05. The molecule has 0 fully saturated rings. The predicted molar refractivity (Wildman–Crippen MR) is 47.3 cm³/mol. The van der Waals surface area contributed by atoms with Gasteiger partial charge in [-0.2, -0.15) is 0 Å². The minimum Gasteiger partial charge on any atom is -0.859 e. The summed E-state index contributed by atoms with van der Waals surface area (Å²) in [5.74, 6) is -1.71. The van der Waals surface area contributed by atoms with E-state index < -0.39 is 11.9 Å². The molecule has 0 aliphatic carbocycles. The van der Waals surface area contributed by atoms with Gasteiger partial charge in [0.05, 0.1) is 6.54 Å². The first-order valence-corrected chi connectivity index (χ1v) is 3.63. The van der Waals surface area contributed by atoms with Crippen LogP contribution in [0.1, 0.15) is 0 Å². The second-order valence-corrected chi connectivity index (χ2v) is 2.05. The van der Waals surface area contributed by atoms with Crippen molar-refractivity contribution in [1.29, 1.82) is 0 Å². The van der Waals surface area contributed by atoms with E-state index in [9.17, 15) is 9.90 Å². The van der Waals surface area contributed by atoms with E-state index in [-0.39, 0.29) is 29.6 Å². The second kappa shape index (κ2) is 10.3. The van der Waals surface area contributed by atoms with E-state index in [1.807, 2.05) is 0 Å². The van der Waals surface area contributed by atoms with Crippen molar-refractivity contribution >= 4 is 11.9 Å². The van der Waals surface area contributed by atoms with Gasteiger partial charge in [0.2, 0.25) is 0 Å². The number of nitrogens with one attached hydrogen (secondary N) is 1. The van der Waals surface area contributed by atoms with Crippen molar-refractivity contribution in [2.45, 2.75) is 0 Å². The third-order valence-corrected chi connectivity index (χ3v) is 1.04. The first kappa shape index (κ1) is 15.7. The van der Waals surface area contributed by atoms with Crippen LogP contribution in [0.15, 0.2) is 29.9 Å². The smallest absolute Gasteiger partial charge is 0.859 e. The Morgan fingerprint density at radius 1 is 1.57 bits per heavy atom. The normalized spacial score (nSPS) is 10.7. The molecule has 0 radical (unpaired) electrons. The maximum atomic E-state index is 10.7. The van der Waals surface area contributed by atoms with Crippen LogP contribution >= 0.6 is 0 Å². The van der Waals surface area contributed by atoms with Gasteiger partial charge in [-0.3, -0.25) is 4.99 Å². The Balaban J connectivity index is 0. The summed E-state index contributed by atoms with van der Waals surface area (Å²) in [6.07, 6.45) is 3.16. The minimum atomic E-state index is -1.16. The van der Waals surface area contributed by atoms with Crippen molar-refractivity contribution < 1.29 is 44.6 Å². The van der Waals surface area contributed by atoms with Crippen LogP contribution < -0.4 is 40.0 Å². The molecule has 14 heavy (non-hydrogen) atoms. The van der Waals surface area contributed by atoms with Gasteiger partial charge in [-0.05, 0) is 18.2 Å². The maximum Gasteiger partial charge on any atom is 1.00 e. The number of carboxylic acid groups (broad SMARTS) is 1. The Bertz CT molecular complexity index is 239. The number of rotatable bonds is 6. The zero-order chi connectivity index (χ0) is 10.1. The quantitative estimate of drug-likeness (QED) is 0.153. The number of aliphatic carboxylic acids is 1. The molecular weight excluding hydrogens is 195 g/mol. The van der Waals surface area contributed by atoms with Crippen LogP contribution in [0.5, 0.6) is 0 Å². The molecule has 0 aromatic heterocycles. The molecule has 0 saturated carbocycles. The van der Waals surface area contributed by atoms with Gasteiger partial charge in [0.1, 0.15) is 0 Å². The van der Waals surface area contributed by atoms with Crippen LogP contribution in [0, 0.1) is 0 Å². The van der Waals surface area contributed by atoms with E-state index in [1.165, 1.54) is 6.20 Å². The summed E-state index contributed by atoms with van der Waals surface area (Å²) in [5.41, 5.74) is 0. The monoisotopic (exact) mass is 206 g/mol. The van der Waals surface area contributed by atoms with Gasteiger partial charge in [-0.15, -0.1) is 0 Å². The van der Waals surface area contributed by atoms with E-state index in [2.05, 4.69) is 16.9 Å². The topological polar surface area (TPSA) is 84.8 Å². The summed E-state index contributed by atoms with van der Waals surface area (Å²) in [6.45, 7) is 4.22. The zero-order valence-corrected chi connectivity index (χ0v) is 10.1. The first-order valence-electron chi connectivity index (χ1n) is 3.63. The number of aliphatic imine (C=N–C) groups is 1. The van der Waals surface area contributed by atoms with E-state index >= 15 is 0 Å². The molecule has 5 nitrogen and oxygen atoms in total. The predicted octanol–water partition coefficient (Wildman–Crippen LogP) is -3.88. The molecule has 0 unspecified atom stereocenters. The van der Waals surface area contributed by atoms with Crippen LogP contribution in [0.3, 0.4) is 0 Å². The Labute approximate surface area is 105 Å². The van der Waals surface area contributed by atoms with Crippen LogP contribution in [0.4, 0.5) is 0 Å². The van der Waals surface area contributed by atoms with Crippen LogP contribution in [-0.4, -0.2) is 30.1 Å². The summed E-state index contributed by atoms with van der Waals surface area (Å²) in [5, 5.41) is 21.7. The van der Waals surface area contributed by atoms with E-state index in [0.717, 1.165) is 12.2 Å². The van der Waals surface area contributed by atoms with Crippen molar-refractivity contribution in [1.82, 2.24) is 5.32 Å². The Morgan fingerprint density at radius 3 is 2.71 bits per heavy atom. The van der Waals surface area contributed by atoms with Gasteiger partial charge in [0.15, 0.2) is 0 Å². The summed E-state index contributed by atoms with van der Waals surface area (Å²) in [7, 11) is 0. The number of hydrogen-bond donors (Lipinski definition) is 2. The fraction of sp³-hybridized carbons (Fsp3) is 0.250. The van der Waals surface area contributed by atoms with Crippen molar-refractivity contribution in [2.75, 3.05) is 13.1 Å². The van der Waals surface area contributed by atoms with Crippen LogP contribution in [0.2, 0.25) is 0 Å². The van der Waals surface area contributed by atoms with Gasteiger partial charge in [0, 0.05) is 12.6 Å². The molecule has 0 amide bonds. The third kappa shape index (κ3) is 11.2. The zero-order valence-electron chi connectivity index (χ0n) is 8.06. The number of carbonyl (C=O) groups is 1. The molecular formula is C8H11N2NaO3. The molecule has 72 valence electrons. The maximum absolute atomic E-state index is 10.7.